The predicted octanol–water partition coefficient (Wildman–Crippen LogP) is 3.12. The van der Waals surface area contributed by atoms with Crippen LogP contribution in [0.5, 0.6) is 5.75 Å². The maximum Gasteiger partial charge on any atom is 0.257 e. The van der Waals surface area contributed by atoms with Gasteiger partial charge in [-0.2, -0.15) is 0 Å². The van der Waals surface area contributed by atoms with Crippen molar-refractivity contribution in [1.82, 2.24) is 4.90 Å². The highest BCUT2D eigenvalue weighted by Crippen LogP contribution is 2.38. The van der Waals surface area contributed by atoms with Gasteiger partial charge in [-0.05, 0) is 49.7 Å². The molecule has 1 saturated carbocycles. The molecule has 0 bridgehead atoms. The molecule has 2 saturated heterocycles. The van der Waals surface area contributed by atoms with Crippen molar-refractivity contribution in [3.63, 3.8) is 0 Å². The lowest BCUT2D eigenvalue weighted by Crippen LogP contribution is -2.30. The van der Waals surface area contributed by atoms with E-state index in [-0.39, 0.29) is 12.0 Å². The van der Waals surface area contributed by atoms with Crippen LogP contribution in [0, 0.1) is 11.8 Å². The molecule has 1 amide bonds. The first-order valence-electron chi connectivity index (χ1n) is 8.94. The monoisotopic (exact) mass is 315 g/mol. The lowest BCUT2D eigenvalue weighted by atomic mass is 10.0. The van der Waals surface area contributed by atoms with Gasteiger partial charge in [-0.15, -0.1) is 0 Å². The quantitative estimate of drug-likeness (QED) is 0.857. The first kappa shape index (κ1) is 15.0. The average molecular weight is 315 g/mol. The Balaban J connectivity index is 1.44. The summed E-state index contributed by atoms with van der Waals surface area (Å²) in [6.45, 7) is 3.20. The molecule has 3 aliphatic rings. The molecule has 4 nitrogen and oxygen atoms in total. The van der Waals surface area contributed by atoms with E-state index in [2.05, 4.69) is 0 Å². The number of amides is 1. The summed E-state index contributed by atoms with van der Waals surface area (Å²) < 4.78 is 11.5. The van der Waals surface area contributed by atoms with Crippen molar-refractivity contribution >= 4 is 5.91 Å². The van der Waals surface area contributed by atoms with Crippen LogP contribution >= 0.6 is 0 Å². The number of benzene rings is 1. The van der Waals surface area contributed by atoms with Gasteiger partial charge in [0.25, 0.3) is 5.91 Å². The number of hydrogen-bond donors (Lipinski definition) is 0. The van der Waals surface area contributed by atoms with Crippen molar-refractivity contribution in [2.24, 2.45) is 11.8 Å². The fraction of sp³-hybridized carbons (Fsp3) is 0.632. The van der Waals surface area contributed by atoms with Crippen molar-refractivity contribution in [3.8, 4) is 5.75 Å². The molecule has 3 atom stereocenters. The van der Waals surface area contributed by atoms with Crippen LogP contribution in [0.1, 0.15) is 42.5 Å². The van der Waals surface area contributed by atoms with Crippen molar-refractivity contribution in [2.75, 3.05) is 26.3 Å². The second-order valence-corrected chi connectivity index (χ2v) is 7.10. The summed E-state index contributed by atoms with van der Waals surface area (Å²) in [7, 11) is 0. The highest BCUT2D eigenvalue weighted by molar-refractivity contribution is 5.97. The van der Waals surface area contributed by atoms with E-state index in [9.17, 15) is 4.79 Å². The Labute approximate surface area is 137 Å². The second kappa shape index (κ2) is 6.52. The van der Waals surface area contributed by atoms with E-state index in [1.165, 1.54) is 19.3 Å². The average Bonchev–Trinajstić information content (AvgIpc) is 3.29. The molecule has 0 spiro atoms. The zero-order valence-electron chi connectivity index (χ0n) is 13.6. The topological polar surface area (TPSA) is 38.8 Å². The van der Waals surface area contributed by atoms with E-state index >= 15 is 0 Å². The molecule has 0 N–H and O–H groups in total. The standard InChI is InChI=1S/C19H25NO3/c21-19(20-11-14-5-3-6-15(14)12-20)17-8-1-2-9-18(17)23-13-16-7-4-10-22-16/h1-2,8-9,14-16H,3-7,10-13H2/t14-,15+,16-/m0/s1. The molecule has 23 heavy (non-hydrogen) atoms. The maximum absolute atomic E-state index is 12.9. The Bertz CT molecular complexity index is 555. The molecule has 4 heteroatoms. The van der Waals surface area contributed by atoms with Gasteiger partial charge in [0.1, 0.15) is 12.4 Å². The summed E-state index contributed by atoms with van der Waals surface area (Å²) >= 11 is 0. The van der Waals surface area contributed by atoms with Crippen molar-refractivity contribution in [1.29, 1.82) is 0 Å². The minimum Gasteiger partial charge on any atom is -0.490 e. The summed E-state index contributed by atoms with van der Waals surface area (Å²) in [4.78, 5) is 14.9. The van der Waals surface area contributed by atoms with Crippen LogP contribution in [0.15, 0.2) is 24.3 Å². The predicted molar refractivity (Wildman–Crippen MR) is 87.6 cm³/mol. The summed E-state index contributed by atoms with van der Waals surface area (Å²) in [5.41, 5.74) is 0.700. The largest absolute Gasteiger partial charge is 0.490 e. The minimum atomic E-state index is 0.127. The van der Waals surface area contributed by atoms with Crippen LogP contribution in [0.3, 0.4) is 0 Å². The number of hydrogen-bond acceptors (Lipinski definition) is 3. The van der Waals surface area contributed by atoms with E-state index in [1.54, 1.807) is 0 Å². The zero-order valence-corrected chi connectivity index (χ0v) is 13.6. The van der Waals surface area contributed by atoms with E-state index in [0.29, 0.717) is 17.9 Å². The lowest BCUT2D eigenvalue weighted by Gasteiger charge is -2.20. The third-order valence-electron chi connectivity index (χ3n) is 5.58. The fourth-order valence-electron chi connectivity index (χ4n) is 4.30. The molecule has 2 aliphatic heterocycles. The highest BCUT2D eigenvalue weighted by atomic mass is 16.5. The van der Waals surface area contributed by atoms with Crippen LogP contribution < -0.4 is 4.74 Å². The van der Waals surface area contributed by atoms with E-state index in [4.69, 9.17) is 9.47 Å². The number of carbonyl (C=O) groups excluding carboxylic acids is 1. The van der Waals surface area contributed by atoms with Gasteiger partial charge in [0.05, 0.1) is 11.7 Å². The molecule has 0 aromatic heterocycles. The third kappa shape index (κ3) is 3.09. The zero-order chi connectivity index (χ0) is 15.6. The van der Waals surface area contributed by atoms with Crippen LogP contribution in [0.2, 0.25) is 0 Å². The lowest BCUT2D eigenvalue weighted by molar-refractivity contribution is 0.0655. The Morgan fingerprint density at radius 3 is 2.65 bits per heavy atom. The molecular formula is C19H25NO3. The van der Waals surface area contributed by atoms with Crippen LogP contribution in [0.4, 0.5) is 0 Å². The number of fused-ring (bicyclic) bond motifs is 1. The molecular weight excluding hydrogens is 290 g/mol. The number of ether oxygens (including phenoxy) is 2. The summed E-state index contributed by atoms with van der Waals surface area (Å²) in [5.74, 6) is 2.27. The van der Waals surface area contributed by atoms with Crippen LogP contribution in [-0.4, -0.2) is 43.2 Å². The molecule has 3 fully saturated rings. The van der Waals surface area contributed by atoms with Gasteiger partial charge in [-0.1, -0.05) is 18.6 Å². The minimum absolute atomic E-state index is 0.127. The molecule has 4 rings (SSSR count). The number of likely N-dealkylation sites (tertiary alicyclic amines) is 1. The molecule has 1 aromatic rings. The van der Waals surface area contributed by atoms with E-state index in [1.807, 2.05) is 29.2 Å². The Hall–Kier alpha value is -1.55. The summed E-state index contributed by atoms with van der Waals surface area (Å²) in [6.07, 6.45) is 6.22. The summed E-state index contributed by atoms with van der Waals surface area (Å²) in [5, 5.41) is 0. The second-order valence-electron chi connectivity index (χ2n) is 7.10. The van der Waals surface area contributed by atoms with Gasteiger partial charge in [-0.3, -0.25) is 4.79 Å². The molecule has 0 radical (unpaired) electrons. The third-order valence-corrected chi connectivity index (χ3v) is 5.58. The number of nitrogens with zero attached hydrogens (tertiary/aromatic N) is 1. The molecule has 1 aliphatic carbocycles. The summed E-state index contributed by atoms with van der Waals surface area (Å²) in [6, 6.07) is 7.64. The molecule has 2 heterocycles. The first-order valence-corrected chi connectivity index (χ1v) is 8.94. The number of carbonyl (C=O) groups is 1. The Kier molecular flexibility index (Phi) is 4.25. The molecule has 124 valence electrons. The van der Waals surface area contributed by atoms with Gasteiger partial charge in [0.15, 0.2) is 0 Å². The number of para-hydroxylation sites is 1. The maximum atomic E-state index is 12.9. The van der Waals surface area contributed by atoms with Gasteiger partial charge < -0.3 is 14.4 Å². The molecule has 0 unspecified atom stereocenters. The van der Waals surface area contributed by atoms with Gasteiger partial charge in [0.2, 0.25) is 0 Å². The Morgan fingerprint density at radius 1 is 1.13 bits per heavy atom. The van der Waals surface area contributed by atoms with Crippen molar-refractivity contribution < 1.29 is 14.3 Å². The van der Waals surface area contributed by atoms with Crippen molar-refractivity contribution in [3.05, 3.63) is 29.8 Å². The Morgan fingerprint density at radius 2 is 1.91 bits per heavy atom. The van der Waals surface area contributed by atoms with Gasteiger partial charge >= 0.3 is 0 Å². The highest BCUT2D eigenvalue weighted by Gasteiger charge is 2.38. The van der Waals surface area contributed by atoms with Crippen LogP contribution in [-0.2, 0) is 4.74 Å². The smallest absolute Gasteiger partial charge is 0.257 e. The van der Waals surface area contributed by atoms with E-state index in [0.717, 1.165) is 44.4 Å². The molecule has 1 aromatic carbocycles. The van der Waals surface area contributed by atoms with E-state index < -0.39 is 0 Å². The van der Waals surface area contributed by atoms with Gasteiger partial charge in [-0.25, -0.2) is 0 Å². The van der Waals surface area contributed by atoms with Crippen LogP contribution in [0.25, 0.3) is 0 Å². The van der Waals surface area contributed by atoms with Gasteiger partial charge in [0, 0.05) is 19.7 Å². The van der Waals surface area contributed by atoms with Crippen molar-refractivity contribution in [2.45, 2.75) is 38.2 Å². The first-order chi connectivity index (χ1) is 11.3. The normalized spacial score (nSPS) is 29.7. The number of rotatable bonds is 4. The SMILES string of the molecule is O=C(c1ccccc1OC[C@@H]1CCCO1)N1C[C@H]2CCC[C@H]2C1. The fourth-order valence-corrected chi connectivity index (χ4v) is 4.30.